The summed E-state index contributed by atoms with van der Waals surface area (Å²) in [5, 5.41) is 20.1. The maximum Gasteiger partial charge on any atom is 0.416 e. The van der Waals surface area contributed by atoms with Crippen LogP contribution in [-0.2, 0) is 38.1 Å². The van der Waals surface area contributed by atoms with Crippen molar-refractivity contribution in [2.45, 2.75) is 76.5 Å². The van der Waals surface area contributed by atoms with Gasteiger partial charge in [0, 0.05) is 18.7 Å². The highest BCUT2D eigenvalue weighted by atomic mass is 19.4. The van der Waals surface area contributed by atoms with Crippen LogP contribution in [0.3, 0.4) is 0 Å². The van der Waals surface area contributed by atoms with Crippen LogP contribution >= 0.6 is 0 Å². The van der Waals surface area contributed by atoms with Gasteiger partial charge in [0.15, 0.2) is 6.10 Å². The molecule has 3 aromatic carbocycles. The topological polar surface area (TPSA) is 137 Å². The van der Waals surface area contributed by atoms with Crippen molar-refractivity contribution in [2.24, 2.45) is 5.92 Å². The molecule has 4 N–H and O–H groups in total. The molecule has 1 heterocycles. The molecule has 262 valence electrons. The third kappa shape index (κ3) is 10.5. The monoisotopic (exact) mass is 682 g/mol. The van der Waals surface area contributed by atoms with Crippen LogP contribution in [0.15, 0.2) is 84.9 Å². The lowest BCUT2D eigenvalue weighted by atomic mass is 9.92. The Morgan fingerprint density at radius 1 is 0.898 bits per heavy atom. The number of halogens is 3. The zero-order valence-corrected chi connectivity index (χ0v) is 27.4. The van der Waals surface area contributed by atoms with E-state index >= 15 is 0 Å². The van der Waals surface area contributed by atoms with E-state index in [0.717, 1.165) is 34.2 Å². The number of nitrogens with one attached hydrogen (secondary N) is 3. The number of aliphatic hydroxyl groups excluding tert-OH is 1. The van der Waals surface area contributed by atoms with E-state index in [9.17, 15) is 37.5 Å². The summed E-state index contributed by atoms with van der Waals surface area (Å²) in [6.07, 6.45) is -7.67. The van der Waals surface area contributed by atoms with E-state index in [1.807, 2.05) is 48.5 Å². The largest absolute Gasteiger partial charge is 0.434 e. The van der Waals surface area contributed by atoms with Gasteiger partial charge in [0.2, 0.25) is 11.8 Å². The number of anilines is 1. The average Bonchev–Trinajstić information content (AvgIpc) is 3.45. The fourth-order valence-electron chi connectivity index (χ4n) is 5.68. The molecule has 4 amide bonds. The van der Waals surface area contributed by atoms with Gasteiger partial charge in [-0.1, -0.05) is 80.6 Å². The van der Waals surface area contributed by atoms with Gasteiger partial charge in [-0.3, -0.25) is 19.3 Å². The van der Waals surface area contributed by atoms with Gasteiger partial charge in [0.05, 0.1) is 24.3 Å². The highest BCUT2D eigenvalue weighted by molar-refractivity contribution is 5.95. The summed E-state index contributed by atoms with van der Waals surface area (Å²) in [6, 6.07) is 20.2. The van der Waals surface area contributed by atoms with E-state index in [1.54, 1.807) is 26.0 Å². The average molecular weight is 683 g/mol. The third-order valence-electron chi connectivity index (χ3n) is 8.19. The maximum absolute atomic E-state index is 13.5. The number of benzene rings is 3. The van der Waals surface area contributed by atoms with Crippen LogP contribution in [0.1, 0.15) is 43.9 Å². The summed E-state index contributed by atoms with van der Waals surface area (Å²) in [6.45, 7) is 4.59. The van der Waals surface area contributed by atoms with Crippen molar-refractivity contribution >= 4 is 29.5 Å². The number of rotatable bonds is 14. The van der Waals surface area contributed by atoms with Crippen molar-refractivity contribution in [2.75, 3.05) is 11.4 Å². The summed E-state index contributed by atoms with van der Waals surface area (Å²) in [4.78, 5) is 52.3. The van der Waals surface area contributed by atoms with Crippen molar-refractivity contribution in [3.63, 3.8) is 0 Å². The zero-order chi connectivity index (χ0) is 35.7. The Labute approximate surface area is 283 Å². The third-order valence-corrected chi connectivity index (χ3v) is 8.19. The molecule has 5 atom stereocenters. The number of alkyl halides is 3. The van der Waals surface area contributed by atoms with Gasteiger partial charge in [-0.05, 0) is 54.5 Å². The Kier molecular flexibility index (Phi) is 12.4. The first-order chi connectivity index (χ1) is 23.2. The second-order valence-corrected chi connectivity index (χ2v) is 12.5. The first-order valence-corrected chi connectivity index (χ1v) is 16.0. The molecule has 1 aliphatic rings. The Balaban J connectivity index is 1.54. The molecule has 0 saturated carbocycles. The fraction of sp³-hybridized carbons (Fsp3) is 0.389. The molecule has 0 radical (unpaired) electrons. The fourth-order valence-corrected chi connectivity index (χ4v) is 5.68. The molecule has 49 heavy (non-hydrogen) atoms. The number of ether oxygens (including phenoxy) is 1. The van der Waals surface area contributed by atoms with Crippen LogP contribution in [0.2, 0.25) is 0 Å². The maximum atomic E-state index is 13.5. The number of hydrogen-bond donors (Lipinski definition) is 4. The van der Waals surface area contributed by atoms with Gasteiger partial charge in [0.1, 0.15) is 6.04 Å². The van der Waals surface area contributed by atoms with Crippen LogP contribution < -0.4 is 20.9 Å². The predicted molar refractivity (Wildman–Crippen MR) is 176 cm³/mol. The molecule has 0 spiro atoms. The number of carbonyl (C=O) groups excluding carboxylic acids is 4. The summed E-state index contributed by atoms with van der Waals surface area (Å²) >= 11 is 0. The van der Waals surface area contributed by atoms with Crippen molar-refractivity contribution in [3.8, 4) is 0 Å². The normalized spacial score (nSPS) is 17.1. The number of aliphatic hydroxyl groups is 1. The minimum Gasteiger partial charge on any atom is -0.434 e. The first-order valence-electron chi connectivity index (χ1n) is 16.0. The zero-order valence-electron chi connectivity index (χ0n) is 27.4. The lowest BCUT2D eigenvalue weighted by molar-refractivity contribution is -0.137. The van der Waals surface area contributed by atoms with Crippen LogP contribution in [0.4, 0.5) is 23.7 Å². The SMILES string of the molecule is CC(=O)NC(C(=O)N[C@@H](Cc1ccccc1)CC(O)[C@H](Cc1ccccc1)NC(=O)[C@@H]1CN(c2cccc(C(F)(F)F)c2)C(=O)O1)C(C)C. The van der Waals surface area contributed by atoms with E-state index in [-0.39, 0.29) is 36.9 Å². The molecule has 10 nitrogen and oxygen atoms in total. The Morgan fingerprint density at radius 2 is 1.51 bits per heavy atom. The van der Waals surface area contributed by atoms with Gasteiger partial charge in [0.25, 0.3) is 5.91 Å². The van der Waals surface area contributed by atoms with Gasteiger partial charge < -0.3 is 25.8 Å². The standard InChI is InChI=1S/C36H41F3N4O6/c1-22(2)32(40-23(3)44)34(47)41-27(17-24-11-6-4-7-12-24)20-30(45)29(18-25-13-8-5-9-14-25)42-33(46)31-21-43(35(48)49-31)28-16-10-15-26(19-28)36(37,38)39/h4-16,19,22,27,29-32,45H,17-18,20-21H2,1-3H3,(H,40,44)(H,41,47)(H,42,46)/t27-,29-,30?,31-,32?/m0/s1. The molecule has 0 aliphatic carbocycles. The summed E-state index contributed by atoms with van der Waals surface area (Å²) in [7, 11) is 0. The lowest BCUT2D eigenvalue weighted by Gasteiger charge is -2.30. The number of cyclic esters (lactones) is 1. The van der Waals surface area contributed by atoms with Gasteiger partial charge >= 0.3 is 12.3 Å². The highest BCUT2D eigenvalue weighted by Crippen LogP contribution is 2.33. The summed E-state index contributed by atoms with van der Waals surface area (Å²) in [5.74, 6) is -1.74. The molecular formula is C36H41F3N4O6. The Morgan fingerprint density at radius 3 is 2.08 bits per heavy atom. The van der Waals surface area contributed by atoms with Gasteiger partial charge in [-0.15, -0.1) is 0 Å². The molecule has 4 rings (SSSR count). The smallest absolute Gasteiger partial charge is 0.416 e. The van der Waals surface area contributed by atoms with E-state index in [1.165, 1.54) is 13.0 Å². The van der Waals surface area contributed by atoms with Gasteiger partial charge in [-0.2, -0.15) is 13.2 Å². The second-order valence-electron chi connectivity index (χ2n) is 12.5. The quantitative estimate of drug-likeness (QED) is 0.199. The molecule has 1 saturated heterocycles. The minimum absolute atomic E-state index is 0.00408. The molecule has 0 aromatic heterocycles. The van der Waals surface area contributed by atoms with E-state index < -0.39 is 60.0 Å². The van der Waals surface area contributed by atoms with Crippen LogP contribution in [0, 0.1) is 5.92 Å². The van der Waals surface area contributed by atoms with Crippen molar-refractivity contribution in [1.29, 1.82) is 0 Å². The van der Waals surface area contributed by atoms with Crippen LogP contribution in [0.5, 0.6) is 0 Å². The van der Waals surface area contributed by atoms with E-state index in [0.29, 0.717) is 6.42 Å². The number of amides is 4. The van der Waals surface area contributed by atoms with Crippen molar-refractivity contribution in [1.82, 2.24) is 16.0 Å². The predicted octanol–water partition coefficient (Wildman–Crippen LogP) is 4.40. The van der Waals surface area contributed by atoms with Crippen LogP contribution in [-0.4, -0.2) is 65.8 Å². The van der Waals surface area contributed by atoms with E-state index in [4.69, 9.17) is 4.74 Å². The molecule has 13 heteroatoms. The van der Waals surface area contributed by atoms with Crippen molar-refractivity contribution < 1.29 is 42.2 Å². The van der Waals surface area contributed by atoms with Gasteiger partial charge in [-0.25, -0.2) is 4.79 Å². The number of hydrogen-bond acceptors (Lipinski definition) is 6. The number of nitrogens with zero attached hydrogens (tertiary/aromatic N) is 1. The molecule has 1 aliphatic heterocycles. The first kappa shape index (κ1) is 36.9. The number of carbonyl (C=O) groups is 4. The van der Waals surface area contributed by atoms with Crippen molar-refractivity contribution in [3.05, 3.63) is 102 Å². The van der Waals surface area contributed by atoms with Crippen LogP contribution in [0.25, 0.3) is 0 Å². The highest BCUT2D eigenvalue weighted by Gasteiger charge is 2.40. The molecular weight excluding hydrogens is 641 g/mol. The Bertz CT molecular complexity index is 1590. The lowest BCUT2D eigenvalue weighted by Crippen LogP contribution is -2.54. The molecule has 2 unspecified atom stereocenters. The summed E-state index contributed by atoms with van der Waals surface area (Å²) < 4.78 is 45.2. The Hall–Kier alpha value is -4.91. The minimum atomic E-state index is -4.63. The molecule has 1 fully saturated rings. The molecule has 3 aromatic rings. The summed E-state index contributed by atoms with van der Waals surface area (Å²) in [5.41, 5.74) is 0.645. The van der Waals surface area contributed by atoms with E-state index in [2.05, 4.69) is 16.0 Å². The molecule has 0 bridgehead atoms. The second kappa shape index (κ2) is 16.5.